The van der Waals surface area contributed by atoms with Crippen molar-refractivity contribution >= 4 is 11.6 Å². The fourth-order valence-corrected chi connectivity index (χ4v) is 1.96. The van der Waals surface area contributed by atoms with Crippen LogP contribution in [0.25, 0.3) is 0 Å². The van der Waals surface area contributed by atoms with E-state index in [1.807, 2.05) is 19.1 Å². The average molecular weight is 270 g/mol. The van der Waals surface area contributed by atoms with Gasteiger partial charge in [0.15, 0.2) is 0 Å². The number of rotatable bonds is 8. The van der Waals surface area contributed by atoms with Gasteiger partial charge in [0.25, 0.3) is 0 Å². The molecule has 0 amide bonds. The van der Waals surface area contributed by atoms with Crippen LogP contribution in [-0.2, 0) is 11.2 Å². The van der Waals surface area contributed by atoms with E-state index in [9.17, 15) is 0 Å². The lowest BCUT2D eigenvalue weighted by Gasteiger charge is -2.19. The summed E-state index contributed by atoms with van der Waals surface area (Å²) in [6, 6.07) is 8.60. The summed E-state index contributed by atoms with van der Waals surface area (Å²) in [6.45, 7) is 8.94. The Bertz CT molecular complexity index is 324. The summed E-state index contributed by atoms with van der Waals surface area (Å²) in [7, 11) is 0. The predicted molar refractivity (Wildman–Crippen MR) is 78.3 cm³/mol. The second-order valence-electron chi connectivity index (χ2n) is 4.92. The minimum absolute atomic E-state index is 0.508. The molecule has 0 radical (unpaired) electrons. The van der Waals surface area contributed by atoms with Gasteiger partial charge in [-0.25, -0.2) is 0 Å². The van der Waals surface area contributed by atoms with Gasteiger partial charge in [-0.05, 0) is 37.0 Å². The number of hydrogen-bond donors (Lipinski definition) is 1. The highest BCUT2D eigenvalue weighted by molar-refractivity contribution is 6.30. The van der Waals surface area contributed by atoms with E-state index in [0.29, 0.717) is 12.0 Å². The summed E-state index contributed by atoms with van der Waals surface area (Å²) < 4.78 is 5.56. The quantitative estimate of drug-likeness (QED) is 0.780. The second kappa shape index (κ2) is 8.52. The molecule has 0 aromatic heterocycles. The van der Waals surface area contributed by atoms with E-state index in [4.69, 9.17) is 16.3 Å². The van der Waals surface area contributed by atoms with Crippen molar-refractivity contribution in [2.24, 2.45) is 5.92 Å². The molecule has 0 saturated heterocycles. The van der Waals surface area contributed by atoms with Gasteiger partial charge in [0.2, 0.25) is 0 Å². The molecular formula is C15H24ClNO. The molecule has 2 nitrogen and oxygen atoms in total. The molecule has 0 fully saturated rings. The molecule has 3 heteroatoms. The van der Waals surface area contributed by atoms with E-state index < -0.39 is 0 Å². The van der Waals surface area contributed by atoms with Crippen LogP contribution in [0.5, 0.6) is 0 Å². The molecule has 1 aromatic rings. The van der Waals surface area contributed by atoms with E-state index >= 15 is 0 Å². The Morgan fingerprint density at radius 3 is 2.44 bits per heavy atom. The Balaban J connectivity index is 2.50. The summed E-state index contributed by atoms with van der Waals surface area (Å²) in [5.41, 5.74) is 1.31. The average Bonchev–Trinajstić information content (AvgIpc) is 2.35. The fourth-order valence-electron chi connectivity index (χ4n) is 1.83. The largest absolute Gasteiger partial charge is 0.381 e. The molecule has 0 aliphatic rings. The van der Waals surface area contributed by atoms with Crippen molar-refractivity contribution in [1.82, 2.24) is 5.32 Å². The number of benzene rings is 1. The number of halogens is 1. The van der Waals surface area contributed by atoms with Crippen LogP contribution in [0.3, 0.4) is 0 Å². The topological polar surface area (TPSA) is 21.3 Å². The molecule has 18 heavy (non-hydrogen) atoms. The van der Waals surface area contributed by atoms with Crippen LogP contribution in [0.2, 0.25) is 5.02 Å². The predicted octanol–water partition coefficient (Wildman–Crippen LogP) is 3.53. The molecule has 0 saturated carbocycles. The van der Waals surface area contributed by atoms with Gasteiger partial charge in [-0.2, -0.15) is 0 Å². The lowest BCUT2D eigenvalue weighted by Crippen LogP contribution is -2.32. The van der Waals surface area contributed by atoms with E-state index in [1.165, 1.54) is 5.56 Å². The number of hydrogen-bond acceptors (Lipinski definition) is 2. The first kappa shape index (κ1) is 15.5. The Kier molecular flexibility index (Phi) is 7.33. The van der Waals surface area contributed by atoms with Gasteiger partial charge in [0.1, 0.15) is 0 Å². The minimum atomic E-state index is 0.508. The zero-order chi connectivity index (χ0) is 13.4. The zero-order valence-electron chi connectivity index (χ0n) is 11.6. The standard InChI is InChI=1S/C15H24ClNO/c1-4-18-11-14(10-17-12(2)3)9-13-5-7-15(16)8-6-13/h5-8,12,14,17H,4,9-11H2,1-3H3. The maximum atomic E-state index is 5.90. The molecule has 1 N–H and O–H groups in total. The highest BCUT2D eigenvalue weighted by Crippen LogP contribution is 2.13. The summed E-state index contributed by atoms with van der Waals surface area (Å²) in [5.74, 6) is 0.508. The highest BCUT2D eigenvalue weighted by atomic mass is 35.5. The maximum absolute atomic E-state index is 5.90. The maximum Gasteiger partial charge on any atom is 0.0509 e. The van der Waals surface area contributed by atoms with Crippen molar-refractivity contribution in [2.45, 2.75) is 33.2 Å². The lowest BCUT2D eigenvalue weighted by molar-refractivity contribution is 0.109. The highest BCUT2D eigenvalue weighted by Gasteiger charge is 2.10. The molecular weight excluding hydrogens is 246 g/mol. The summed E-state index contributed by atoms with van der Waals surface area (Å²) in [4.78, 5) is 0. The molecule has 1 atom stereocenters. The molecule has 0 aliphatic carbocycles. The van der Waals surface area contributed by atoms with Crippen molar-refractivity contribution in [3.8, 4) is 0 Å². The number of nitrogens with one attached hydrogen (secondary N) is 1. The third-order valence-corrected chi connectivity index (χ3v) is 3.06. The molecule has 0 spiro atoms. The van der Waals surface area contributed by atoms with Crippen LogP contribution in [0, 0.1) is 5.92 Å². The molecule has 1 rings (SSSR count). The lowest BCUT2D eigenvalue weighted by atomic mass is 10.00. The Morgan fingerprint density at radius 2 is 1.89 bits per heavy atom. The Morgan fingerprint density at radius 1 is 1.22 bits per heavy atom. The zero-order valence-corrected chi connectivity index (χ0v) is 12.3. The van der Waals surface area contributed by atoms with Crippen LogP contribution < -0.4 is 5.32 Å². The third kappa shape index (κ3) is 6.39. The van der Waals surface area contributed by atoms with Crippen LogP contribution in [-0.4, -0.2) is 25.8 Å². The SMILES string of the molecule is CCOCC(CNC(C)C)Cc1ccc(Cl)cc1. The van der Waals surface area contributed by atoms with Crippen LogP contribution in [0.1, 0.15) is 26.3 Å². The first-order valence-corrected chi connectivity index (χ1v) is 7.05. The summed E-state index contributed by atoms with van der Waals surface area (Å²) in [5, 5.41) is 4.27. The number of ether oxygens (including phenoxy) is 1. The van der Waals surface area contributed by atoms with Gasteiger partial charge in [0, 0.05) is 24.2 Å². The van der Waals surface area contributed by atoms with E-state index in [1.54, 1.807) is 0 Å². The normalized spacial score (nSPS) is 12.9. The Labute approximate surface area is 116 Å². The fraction of sp³-hybridized carbons (Fsp3) is 0.600. The van der Waals surface area contributed by atoms with Crippen molar-refractivity contribution < 1.29 is 4.74 Å². The van der Waals surface area contributed by atoms with Gasteiger partial charge >= 0.3 is 0 Å². The summed E-state index contributed by atoms with van der Waals surface area (Å²) in [6.07, 6.45) is 1.02. The van der Waals surface area contributed by atoms with Gasteiger partial charge < -0.3 is 10.1 Å². The van der Waals surface area contributed by atoms with Crippen LogP contribution >= 0.6 is 11.6 Å². The van der Waals surface area contributed by atoms with Crippen molar-refractivity contribution in [1.29, 1.82) is 0 Å². The monoisotopic (exact) mass is 269 g/mol. The first-order chi connectivity index (χ1) is 8.61. The summed E-state index contributed by atoms with van der Waals surface area (Å²) >= 11 is 5.90. The smallest absolute Gasteiger partial charge is 0.0509 e. The van der Waals surface area contributed by atoms with Gasteiger partial charge in [0.05, 0.1) is 6.61 Å². The molecule has 0 aliphatic heterocycles. The molecule has 0 heterocycles. The molecule has 1 unspecified atom stereocenters. The van der Waals surface area contributed by atoms with E-state index in [2.05, 4.69) is 31.3 Å². The van der Waals surface area contributed by atoms with Crippen molar-refractivity contribution in [3.05, 3.63) is 34.9 Å². The van der Waals surface area contributed by atoms with Crippen LogP contribution in [0.15, 0.2) is 24.3 Å². The molecule has 1 aromatic carbocycles. The third-order valence-electron chi connectivity index (χ3n) is 2.81. The van der Waals surface area contributed by atoms with Gasteiger partial charge in [-0.15, -0.1) is 0 Å². The molecule has 102 valence electrons. The van der Waals surface area contributed by atoms with E-state index in [-0.39, 0.29) is 0 Å². The minimum Gasteiger partial charge on any atom is -0.381 e. The van der Waals surface area contributed by atoms with Crippen LogP contribution in [0.4, 0.5) is 0 Å². The van der Waals surface area contributed by atoms with Gasteiger partial charge in [-0.3, -0.25) is 0 Å². The Hall–Kier alpha value is -0.570. The first-order valence-electron chi connectivity index (χ1n) is 6.67. The van der Waals surface area contributed by atoms with Gasteiger partial charge in [-0.1, -0.05) is 37.6 Å². The van der Waals surface area contributed by atoms with E-state index in [0.717, 1.165) is 31.2 Å². The molecule has 0 bridgehead atoms. The second-order valence-corrected chi connectivity index (χ2v) is 5.36. The van der Waals surface area contributed by atoms with Crippen molar-refractivity contribution in [3.63, 3.8) is 0 Å². The van der Waals surface area contributed by atoms with Crippen molar-refractivity contribution in [2.75, 3.05) is 19.8 Å².